The molecule has 0 spiro atoms. The number of alkyl halides is 3. The maximum absolute atomic E-state index is 12.6. The minimum atomic E-state index is -4.35. The second kappa shape index (κ2) is 7.24. The van der Waals surface area contributed by atoms with Gasteiger partial charge in [0, 0.05) is 12.6 Å². The fourth-order valence-corrected chi connectivity index (χ4v) is 2.28. The van der Waals surface area contributed by atoms with Crippen LogP contribution in [-0.2, 0) is 16.2 Å². The van der Waals surface area contributed by atoms with Crippen LogP contribution in [0.5, 0.6) is 0 Å². The number of hydrogen-bond acceptors (Lipinski definition) is 3. The Morgan fingerprint density at radius 2 is 1.90 bits per heavy atom. The minimum Gasteiger partial charge on any atom is -0.310 e. The van der Waals surface area contributed by atoms with Crippen molar-refractivity contribution in [3.05, 3.63) is 35.4 Å². The van der Waals surface area contributed by atoms with Crippen molar-refractivity contribution >= 4 is 10.0 Å². The standard InChI is InChI=1S/C13H19F3N2O2S/c1-10(17-7-4-8-18-21(2,19)20)11-5-3-6-12(9-11)13(14,15)16/h3,5-6,9-10,17-18H,4,7-8H2,1-2H3. The fourth-order valence-electron chi connectivity index (χ4n) is 1.77. The summed E-state index contributed by atoms with van der Waals surface area (Å²) < 4.78 is 61.9. The van der Waals surface area contributed by atoms with E-state index in [0.29, 0.717) is 25.1 Å². The van der Waals surface area contributed by atoms with Crippen LogP contribution in [0.4, 0.5) is 13.2 Å². The first kappa shape index (κ1) is 17.9. The van der Waals surface area contributed by atoms with E-state index < -0.39 is 21.8 Å². The van der Waals surface area contributed by atoms with E-state index in [-0.39, 0.29) is 6.04 Å². The van der Waals surface area contributed by atoms with Crippen molar-refractivity contribution in [3.8, 4) is 0 Å². The zero-order chi connectivity index (χ0) is 16.1. The lowest BCUT2D eigenvalue weighted by molar-refractivity contribution is -0.137. The lowest BCUT2D eigenvalue weighted by Gasteiger charge is -2.16. The maximum atomic E-state index is 12.6. The van der Waals surface area contributed by atoms with Gasteiger partial charge in [-0.05, 0) is 37.6 Å². The third kappa shape index (κ3) is 6.92. The molecular formula is C13H19F3N2O2S. The Balaban J connectivity index is 2.47. The number of benzene rings is 1. The zero-order valence-electron chi connectivity index (χ0n) is 11.9. The van der Waals surface area contributed by atoms with E-state index in [1.165, 1.54) is 6.07 Å². The Morgan fingerprint density at radius 1 is 1.24 bits per heavy atom. The van der Waals surface area contributed by atoms with Crippen LogP contribution in [0.3, 0.4) is 0 Å². The van der Waals surface area contributed by atoms with Gasteiger partial charge in [0.05, 0.1) is 11.8 Å². The molecule has 8 heteroatoms. The molecule has 21 heavy (non-hydrogen) atoms. The van der Waals surface area contributed by atoms with Crippen molar-refractivity contribution in [2.24, 2.45) is 0 Å². The molecule has 0 saturated carbocycles. The van der Waals surface area contributed by atoms with Crippen LogP contribution in [0.25, 0.3) is 0 Å². The summed E-state index contributed by atoms with van der Waals surface area (Å²) in [6.07, 6.45) is -2.73. The predicted molar refractivity (Wildman–Crippen MR) is 75.3 cm³/mol. The van der Waals surface area contributed by atoms with Gasteiger partial charge in [0.2, 0.25) is 10.0 Å². The summed E-state index contributed by atoms with van der Waals surface area (Å²) in [5.74, 6) is 0. The average molecular weight is 324 g/mol. The summed E-state index contributed by atoms with van der Waals surface area (Å²) in [5.41, 5.74) is -0.131. The highest BCUT2D eigenvalue weighted by atomic mass is 32.2. The van der Waals surface area contributed by atoms with E-state index in [9.17, 15) is 21.6 Å². The molecule has 0 aromatic heterocycles. The highest BCUT2D eigenvalue weighted by Crippen LogP contribution is 2.30. The molecule has 2 N–H and O–H groups in total. The lowest BCUT2D eigenvalue weighted by Crippen LogP contribution is -2.27. The molecule has 0 bridgehead atoms. The van der Waals surface area contributed by atoms with Crippen molar-refractivity contribution in [1.29, 1.82) is 0 Å². The van der Waals surface area contributed by atoms with Gasteiger partial charge in [-0.2, -0.15) is 13.2 Å². The molecule has 0 fully saturated rings. The topological polar surface area (TPSA) is 58.2 Å². The van der Waals surface area contributed by atoms with E-state index in [4.69, 9.17) is 0 Å². The quantitative estimate of drug-likeness (QED) is 0.757. The molecule has 1 aromatic rings. The molecule has 0 radical (unpaired) electrons. The first-order valence-corrected chi connectivity index (χ1v) is 8.34. The normalized spacial score (nSPS) is 14.1. The van der Waals surface area contributed by atoms with E-state index in [1.54, 1.807) is 13.0 Å². The van der Waals surface area contributed by atoms with Crippen molar-refractivity contribution in [3.63, 3.8) is 0 Å². The van der Waals surface area contributed by atoms with E-state index >= 15 is 0 Å². The van der Waals surface area contributed by atoms with E-state index in [0.717, 1.165) is 18.4 Å². The molecule has 0 aliphatic rings. The maximum Gasteiger partial charge on any atom is 0.416 e. The molecule has 0 aliphatic heterocycles. The van der Waals surface area contributed by atoms with Crippen LogP contribution in [0, 0.1) is 0 Å². The van der Waals surface area contributed by atoms with Gasteiger partial charge in [0.1, 0.15) is 0 Å². The Bertz CT molecular complexity index is 559. The zero-order valence-corrected chi connectivity index (χ0v) is 12.7. The van der Waals surface area contributed by atoms with Gasteiger partial charge in [-0.15, -0.1) is 0 Å². The Labute approximate surface area is 122 Å². The summed E-state index contributed by atoms with van der Waals surface area (Å²) >= 11 is 0. The van der Waals surface area contributed by atoms with Gasteiger partial charge >= 0.3 is 6.18 Å². The average Bonchev–Trinajstić information content (AvgIpc) is 2.36. The largest absolute Gasteiger partial charge is 0.416 e. The summed E-state index contributed by atoms with van der Waals surface area (Å²) in [4.78, 5) is 0. The monoisotopic (exact) mass is 324 g/mol. The van der Waals surface area contributed by atoms with E-state index in [1.807, 2.05) is 0 Å². The fraction of sp³-hybridized carbons (Fsp3) is 0.538. The van der Waals surface area contributed by atoms with Gasteiger partial charge in [-0.25, -0.2) is 13.1 Å². The second-order valence-corrected chi connectivity index (χ2v) is 6.65. The smallest absolute Gasteiger partial charge is 0.310 e. The van der Waals surface area contributed by atoms with Crippen LogP contribution in [0.15, 0.2) is 24.3 Å². The lowest BCUT2D eigenvalue weighted by atomic mass is 10.0. The third-order valence-electron chi connectivity index (χ3n) is 2.88. The van der Waals surface area contributed by atoms with E-state index in [2.05, 4.69) is 10.0 Å². The van der Waals surface area contributed by atoms with Crippen LogP contribution in [0.1, 0.15) is 30.5 Å². The van der Waals surface area contributed by atoms with Gasteiger partial charge in [0.15, 0.2) is 0 Å². The molecule has 1 unspecified atom stereocenters. The number of sulfonamides is 1. The van der Waals surface area contributed by atoms with Crippen LogP contribution in [0.2, 0.25) is 0 Å². The van der Waals surface area contributed by atoms with Crippen molar-refractivity contribution < 1.29 is 21.6 Å². The molecule has 1 aromatic carbocycles. The SMILES string of the molecule is CC(NCCCNS(C)(=O)=O)c1cccc(C(F)(F)F)c1. The van der Waals surface area contributed by atoms with Crippen LogP contribution >= 0.6 is 0 Å². The molecule has 0 aliphatic carbocycles. The number of rotatable bonds is 7. The Kier molecular flexibility index (Phi) is 6.18. The predicted octanol–water partition coefficient (Wildman–Crippen LogP) is 2.30. The molecule has 120 valence electrons. The van der Waals surface area contributed by atoms with Crippen molar-refractivity contribution in [1.82, 2.24) is 10.0 Å². The van der Waals surface area contributed by atoms with Crippen LogP contribution in [-0.4, -0.2) is 27.8 Å². The van der Waals surface area contributed by atoms with Crippen molar-refractivity contribution in [2.75, 3.05) is 19.3 Å². The number of halogens is 3. The van der Waals surface area contributed by atoms with Gasteiger partial charge in [-0.3, -0.25) is 0 Å². The minimum absolute atomic E-state index is 0.245. The number of hydrogen-bond donors (Lipinski definition) is 2. The van der Waals surface area contributed by atoms with Crippen LogP contribution < -0.4 is 10.0 Å². The van der Waals surface area contributed by atoms with Gasteiger partial charge in [0.25, 0.3) is 0 Å². The second-order valence-electron chi connectivity index (χ2n) is 4.82. The Hall–Kier alpha value is -1.12. The number of nitrogens with one attached hydrogen (secondary N) is 2. The molecule has 0 saturated heterocycles. The highest BCUT2D eigenvalue weighted by Gasteiger charge is 2.30. The summed E-state index contributed by atoms with van der Waals surface area (Å²) in [5, 5.41) is 3.06. The molecule has 0 heterocycles. The third-order valence-corrected chi connectivity index (χ3v) is 3.61. The molecule has 1 rings (SSSR count). The molecule has 4 nitrogen and oxygen atoms in total. The molecule has 0 amide bonds. The Morgan fingerprint density at radius 3 is 2.48 bits per heavy atom. The van der Waals surface area contributed by atoms with Gasteiger partial charge < -0.3 is 5.32 Å². The summed E-state index contributed by atoms with van der Waals surface area (Å²) in [7, 11) is -3.20. The van der Waals surface area contributed by atoms with Gasteiger partial charge in [-0.1, -0.05) is 12.1 Å². The highest BCUT2D eigenvalue weighted by molar-refractivity contribution is 7.88. The first-order chi connectivity index (χ1) is 9.59. The summed E-state index contributed by atoms with van der Waals surface area (Å²) in [6, 6.07) is 4.91. The summed E-state index contributed by atoms with van der Waals surface area (Å²) in [6.45, 7) is 2.56. The molecular weight excluding hydrogens is 305 g/mol. The molecule has 1 atom stereocenters. The van der Waals surface area contributed by atoms with Crippen molar-refractivity contribution in [2.45, 2.75) is 25.6 Å². The first-order valence-electron chi connectivity index (χ1n) is 6.45.